The average Bonchev–Trinajstić information content (AvgIpc) is 3.45. The van der Waals surface area contributed by atoms with Crippen LogP contribution in [0.5, 0.6) is 17.4 Å². The number of anilines is 2. The van der Waals surface area contributed by atoms with Crippen molar-refractivity contribution in [2.24, 2.45) is 11.3 Å². The van der Waals surface area contributed by atoms with Gasteiger partial charge >= 0.3 is 0 Å². The number of amides is 2. The molecule has 33 heavy (non-hydrogen) atoms. The normalized spacial score (nSPS) is 15.9. The lowest BCUT2D eigenvalue weighted by molar-refractivity contribution is -0.118. The molecule has 0 radical (unpaired) electrons. The largest absolute Gasteiger partial charge is 0.497 e. The lowest BCUT2D eigenvalue weighted by atomic mass is 10.1. The molecule has 1 saturated carbocycles. The molecule has 1 aliphatic carbocycles. The number of hydrogen-bond acceptors (Lipinski definition) is 5. The van der Waals surface area contributed by atoms with Crippen LogP contribution in [0.3, 0.4) is 0 Å². The van der Waals surface area contributed by atoms with Crippen molar-refractivity contribution in [3.63, 3.8) is 0 Å². The Balaban J connectivity index is 1.27. The number of aromatic nitrogens is 1. The maximum atomic E-state index is 12.3. The van der Waals surface area contributed by atoms with E-state index in [2.05, 4.69) is 29.5 Å². The van der Waals surface area contributed by atoms with E-state index in [-0.39, 0.29) is 29.6 Å². The number of hydrogen-bond donors (Lipinski definition) is 2. The van der Waals surface area contributed by atoms with Crippen LogP contribution in [0.15, 0.2) is 66.9 Å². The molecule has 0 bridgehead atoms. The fraction of sp³-hybridized carbons (Fsp3) is 0.269. The molecule has 0 saturated heterocycles. The van der Waals surface area contributed by atoms with Crippen molar-refractivity contribution in [1.82, 2.24) is 4.98 Å². The number of methoxy groups -OCH3 is 1. The number of carbonyl (C=O) groups excluding carboxylic acids is 2. The second-order valence-electron chi connectivity index (χ2n) is 8.82. The summed E-state index contributed by atoms with van der Waals surface area (Å²) in [5.41, 5.74) is 2.31. The van der Waals surface area contributed by atoms with E-state index >= 15 is 0 Å². The molecule has 7 nitrogen and oxygen atoms in total. The van der Waals surface area contributed by atoms with E-state index in [1.807, 2.05) is 24.3 Å². The molecule has 0 aliphatic heterocycles. The predicted octanol–water partition coefficient (Wildman–Crippen LogP) is 5.05. The summed E-state index contributed by atoms with van der Waals surface area (Å²) in [4.78, 5) is 28.7. The number of pyridine rings is 1. The van der Waals surface area contributed by atoms with Crippen LogP contribution in [0, 0.1) is 11.3 Å². The first-order chi connectivity index (χ1) is 15.8. The van der Waals surface area contributed by atoms with Gasteiger partial charge in [0.2, 0.25) is 17.7 Å². The van der Waals surface area contributed by atoms with Gasteiger partial charge in [-0.25, -0.2) is 4.98 Å². The van der Waals surface area contributed by atoms with Gasteiger partial charge in [-0.3, -0.25) is 9.59 Å². The van der Waals surface area contributed by atoms with E-state index in [0.717, 1.165) is 17.7 Å². The lowest BCUT2D eigenvalue weighted by Gasteiger charge is -2.09. The van der Waals surface area contributed by atoms with Gasteiger partial charge in [-0.15, -0.1) is 0 Å². The van der Waals surface area contributed by atoms with Crippen molar-refractivity contribution in [2.45, 2.75) is 26.7 Å². The van der Waals surface area contributed by atoms with Crippen molar-refractivity contribution in [3.8, 4) is 17.4 Å². The van der Waals surface area contributed by atoms with Crippen molar-refractivity contribution in [2.75, 3.05) is 17.7 Å². The monoisotopic (exact) mass is 445 g/mol. The average molecular weight is 446 g/mol. The van der Waals surface area contributed by atoms with Gasteiger partial charge in [-0.2, -0.15) is 0 Å². The molecule has 0 spiro atoms. The van der Waals surface area contributed by atoms with E-state index in [1.165, 1.54) is 0 Å². The van der Waals surface area contributed by atoms with Crippen molar-refractivity contribution >= 4 is 23.2 Å². The van der Waals surface area contributed by atoms with Gasteiger partial charge < -0.3 is 20.1 Å². The molecule has 1 aromatic heterocycles. The molecular weight excluding hydrogens is 418 g/mol. The summed E-state index contributed by atoms with van der Waals surface area (Å²) in [5, 5.41) is 5.77. The first kappa shape index (κ1) is 22.3. The number of nitrogens with zero attached hydrogens (tertiary/aromatic N) is 1. The highest BCUT2D eigenvalue weighted by Gasteiger charge is 2.50. The van der Waals surface area contributed by atoms with Gasteiger partial charge in [-0.05, 0) is 59.9 Å². The number of nitrogens with one attached hydrogen (secondary N) is 2. The maximum Gasteiger partial charge on any atom is 0.228 e. The Bertz CT molecular complexity index is 1120. The Labute approximate surface area is 193 Å². The minimum atomic E-state index is -0.109. The summed E-state index contributed by atoms with van der Waals surface area (Å²) in [7, 11) is 1.61. The third kappa shape index (κ3) is 5.88. The molecule has 2 aromatic carbocycles. The predicted molar refractivity (Wildman–Crippen MR) is 127 cm³/mol. The SMILES string of the molecule is COc1ccc(CC(=O)Nc2ccc(Oc3ccc(NC(=O)C4CC4(C)C)cn3)cc2)cc1. The maximum absolute atomic E-state index is 12.3. The van der Waals surface area contributed by atoms with Crippen LogP contribution in [0.1, 0.15) is 25.8 Å². The van der Waals surface area contributed by atoms with Crippen LogP contribution < -0.4 is 20.1 Å². The Morgan fingerprint density at radius 1 is 0.939 bits per heavy atom. The van der Waals surface area contributed by atoms with Crippen molar-refractivity contribution in [1.29, 1.82) is 0 Å². The molecule has 1 fully saturated rings. The summed E-state index contributed by atoms with van der Waals surface area (Å²) in [6.07, 6.45) is 2.76. The molecule has 170 valence electrons. The van der Waals surface area contributed by atoms with Crippen molar-refractivity contribution < 1.29 is 19.1 Å². The summed E-state index contributed by atoms with van der Waals surface area (Å²) in [5.74, 6) is 1.74. The highest BCUT2D eigenvalue weighted by atomic mass is 16.5. The summed E-state index contributed by atoms with van der Waals surface area (Å²) in [6, 6.07) is 17.9. The van der Waals surface area contributed by atoms with Gasteiger partial charge in [-0.1, -0.05) is 26.0 Å². The highest BCUT2D eigenvalue weighted by molar-refractivity contribution is 5.95. The van der Waals surface area contributed by atoms with Crippen LogP contribution in [0.25, 0.3) is 0 Å². The first-order valence-corrected chi connectivity index (χ1v) is 10.8. The molecule has 1 unspecified atom stereocenters. The standard InChI is InChI=1S/C26H27N3O4/c1-26(2)15-22(26)25(31)29-19-8-13-24(27-16-19)33-21-11-6-18(7-12-21)28-23(30)14-17-4-9-20(32-3)10-5-17/h4-13,16,22H,14-15H2,1-3H3,(H,28,30)(H,29,31). The van der Waals surface area contributed by atoms with Crippen LogP contribution in [-0.4, -0.2) is 23.9 Å². The van der Waals surface area contributed by atoms with E-state index in [4.69, 9.17) is 9.47 Å². The highest BCUT2D eigenvalue weighted by Crippen LogP contribution is 2.52. The van der Waals surface area contributed by atoms with Crippen LogP contribution in [0.2, 0.25) is 0 Å². The van der Waals surface area contributed by atoms with E-state index in [0.29, 0.717) is 23.0 Å². The van der Waals surface area contributed by atoms with Gasteiger partial charge in [0.05, 0.1) is 25.4 Å². The number of benzene rings is 2. The molecule has 2 amide bonds. The smallest absolute Gasteiger partial charge is 0.228 e. The summed E-state index contributed by atoms with van der Waals surface area (Å²) in [6.45, 7) is 4.17. The zero-order valence-electron chi connectivity index (χ0n) is 18.9. The molecule has 1 atom stereocenters. The van der Waals surface area contributed by atoms with Crippen LogP contribution in [0.4, 0.5) is 11.4 Å². The minimum absolute atomic E-state index is 0.0279. The number of carbonyl (C=O) groups is 2. The Kier molecular flexibility index (Phi) is 6.31. The molecule has 1 aliphatic rings. The first-order valence-electron chi connectivity index (χ1n) is 10.8. The molecule has 3 aromatic rings. The molecule has 4 rings (SSSR count). The molecule has 1 heterocycles. The molecule has 7 heteroatoms. The summed E-state index contributed by atoms with van der Waals surface area (Å²) >= 11 is 0. The third-order valence-electron chi connectivity index (χ3n) is 5.72. The number of ether oxygens (including phenoxy) is 2. The Morgan fingerprint density at radius 3 is 2.15 bits per heavy atom. The van der Waals surface area contributed by atoms with E-state index < -0.39 is 0 Å². The van der Waals surface area contributed by atoms with Crippen LogP contribution in [-0.2, 0) is 16.0 Å². The van der Waals surface area contributed by atoms with Gasteiger partial charge in [0.1, 0.15) is 11.5 Å². The van der Waals surface area contributed by atoms with E-state index in [9.17, 15) is 9.59 Å². The quantitative estimate of drug-likeness (QED) is 0.507. The third-order valence-corrected chi connectivity index (χ3v) is 5.72. The Morgan fingerprint density at radius 2 is 1.58 bits per heavy atom. The van der Waals surface area contributed by atoms with Gasteiger partial charge in [0.25, 0.3) is 0 Å². The van der Waals surface area contributed by atoms with E-state index in [1.54, 1.807) is 49.7 Å². The zero-order valence-corrected chi connectivity index (χ0v) is 18.9. The number of rotatable bonds is 8. The second kappa shape index (κ2) is 9.32. The van der Waals surface area contributed by atoms with Gasteiger partial charge in [0.15, 0.2) is 0 Å². The van der Waals surface area contributed by atoms with Gasteiger partial charge in [0, 0.05) is 17.7 Å². The lowest BCUT2D eigenvalue weighted by Crippen LogP contribution is -2.16. The molecule has 2 N–H and O–H groups in total. The fourth-order valence-electron chi connectivity index (χ4n) is 3.52. The summed E-state index contributed by atoms with van der Waals surface area (Å²) < 4.78 is 10.9. The fourth-order valence-corrected chi connectivity index (χ4v) is 3.52. The second-order valence-corrected chi connectivity index (χ2v) is 8.82. The topological polar surface area (TPSA) is 89.5 Å². The minimum Gasteiger partial charge on any atom is -0.497 e. The molecular formula is C26H27N3O4. The Hall–Kier alpha value is -3.87. The zero-order chi connectivity index (χ0) is 23.4. The van der Waals surface area contributed by atoms with Crippen LogP contribution >= 0.6 is 0 Å². The van der Waals surface area contributed by atoms with Crippen molar-refractivity contribution in [3.05, 3.63) is 72.4 Å².